The van der Waals surface area contributed by atoms with Gasteiger partial charge in [-0.2, -0.15) is 4.98 Å². The number of H-pyrrole nitrogens is 1. The molecule has 2 saturated carbocycles. The number of imidazole rings is 1. The Morgan fingerprint density at radius 2 is 1.82 bits per heavy atom. The Balaban J connectivity index is 1.54. The van der Waals surface area contributed by atoms with Crippen LogP contribution in [0.3, 0.4) is 0 Å². The van der Waals surface area contributed by atoms with E-state index in [0.29, 0.717) is 35.2 Å². The summed E-state index contributed by atoms with van der Waals surface area (Å²) in [7, 11) is 0. The Labute approximate surface area is 236 Å². The second-order valence-corrected chi connectivity index (χ2v) is 13.5. The number of fused-ring (bicyclic) bond motifs is 1. The lowest BCUT2D eigenvalue weighted by Crippen LogP contribution is -2.41. The number of aromatic amines is 1. The van der Waals surface area contributed by atoms with Gasteiger partial charge in [-0.15, -0.1) is 0 Å². The number of nitrogens with zero attached hydrogens (tertiary/aromatic N) is 6. The molecule has 1 saturated heterocycles. The van der Waals surface area contributed by atoms with Crippen molar-refractivity contribution in [2.45, 2.75) is 104 Å². The van der Waals surface area contributed by atoms with Crippen molar-refractivity contribution in [1.29, 1.82) is 0 Å². The van der Waals surface area contributed by atoms with Crippen molar-refractivity contribution in [2.75, 3.05) is 16.8 Å². The van der Waals surface area contributed by atoms with Gasteiger partial charge in [0.1, 0.15) is 5.52 Å². The average Bonchev–Trinajstić information content (AvgIpc) is 3.60. The van der Waals surface area contributed by atoms with E-state index in [9.17, 15) is 4.79 Å². The Morgan fingerprint density at radius 1 is 1.07 bits per heavy atom. The summed E-state index contributed by atoms with van der Waals surface area (Å²) < 4.78 is 7.06. The van der Waals surface area contributed by atoms with Crippen molar-refractivity contribution >= 4 is 28.6 Å². The lowest BCUT2D eigenvalue weighted by Gasteiger charge is -2.37. The smallest absolute Gasteiger partial charge is 0.365 e. The first-order valence-corrected chi connectivity index (χ1v) is 15.2. The van der Waals surface area contributed by atoms with E-state index in [4.69, 9.17) is 26.1 Å². The first kappa shape index (κ1) is 27.0. The highest BCUT2D eigenvalue weighted by atomic mass is 16.5. The molecule has 2 atom stereocenters. The number of hydrogen-bond acceptors (Lipinski definition) is 8. The zero-order valence-electron chi connectivity index (χ0n) is 24.7. The number of aromatic nitrogens is 6. The van der Waals surface area contributed by atoms with E-state index < -0.39 is 5.76 Å². The summed E-state index contributed by atoms with van der Waals surface area (Å²) >= 11 is 0. The predicted molar refractivity (Wildman–Crippen MR) is 158 cm³/mol. The lowest BCUT2D eigenvalue weighted by molar-refractivity contribution is 0.285. The molecule has 0 bridgehead atoms. The summed E-state index contributed by atoms with van der Waals surface area (Å²) in [4.78, 5) is 31.9. The normalized spacial score (nSPS) is 24.8. The maximum atomic E-state index is 11.8. The fraction of sp³-hybridized carbons (Fsp3) is 0.700. The first-order chi connectivity index (χ1) is 19.1. The minimum absolute atomic E-state index is 0.0952. The van der Waals surface area contributed by atoms with Crippen LogP contribution in [0.2, 0.25) is 0 Å². The third kappa shape index (κ3) is 4.94. The van der Waals surface area contributed by atoms with E-state index >= 15 is 0 Å². The molecule has 0 radical (unpaired) electrons. The molecule has 0 aromatic carbocycles. The van der Waals surface area contributed by atoms with E-state index in [0.717, 1.165) is 55.3 Å². The van der Waals surface area contributed by atoms with Crippen molar-refractivity contribution in [3.63, 3.8) is 0 Å². The summed E-state index contributed by atoms with van der Waals surface area (Å²) in [5.41, 5.74) is 2.61. The second kappa shape index (κ2) is 10.3. The topological polar surface area (TPSA) is 118 Å². The third-order valence-corrected chi connectivity index (χ3v) is 9.65. The van der Waals surface area contributed by atoms with Gasteiger partial charge in [0.25, 0.3) is 0 Å². The molecule has 1 aliphatic heterocycles. The van der Waals surface area contributed by atoms with E-state index in [1.807, 2.05) is 0 Å². The highest BCUT2D eigenvalue weighted by molar-refractivity contribution is 5.91. The summed E-state index contributed by atoms with van der Waals surface area (Å²) in [6, 6.07) is 0.590. The van der Waals surface area contributed by atoms with Crippen LogP contribution in [0.15, 0.2) is 15.9 Å². The van der Waals surface area contributed by atoms with Crippen LogP contribution in [0.1, 0.15) is 92.4 Å². The van der Waals surface area contributed by atoms with Gasteiger partial charge in [-0.05, 0) is 68.6 Å². The molecular weight excluding hydrogens is 504 g/mol. The average molecular weight is 549 g/mol. The molecule has 10 heteroatoms. The van der Waals surface area contributed by atoms with E-state index in [1.54, 1.807) is 0 Å². The van der Waals surface area contributed by atoms with Crippen LogP contribution in [0.25, 0.3) is 28.5 Å². The molecule has 216 valence electrons. The predicted octanol–water partition coefficient (Wildman–Crippen LogP) is 6.08. The molecule has 3 fully saturated rings. The van der Waals surface area contributed by atoms with Crippen molar-refractivity contribution in [3.8, 4) is 11.6 Å². The Hall–Kier alpha value is -3.17. The molecule has 6 rings (SSSR count). The maximum absolute atomic E-state index is 11.8. The van der Waals surface area contributed by atoms with Crippen molar-refractivity contribution in [1.82, 2.24) is 29.7 Å². The van der Waals surface area contributed by atoms with Crippen LogP contribution < -0.4 is 16.0 Å². The van der Waals surface area contributed by atoms with Crippen LogP contribution in [0.5, 0.6) is 0 Å². The molecule has 1 unspecified atom stereocenters. The standard InChI is InChI=1S/C30H44N8O2/c1-17-12-14-21(15-13-17)19(3)38-23-24(31-18(2)20-9-7-10-20)32-26(27-35-29(39)40-36-27)33-25(23)34-28(38)37-16-8-11-22(37)30(4,5)6/h17-18,20-22H,3,7-16H2,1-2,4-6H3,(H,31,32,33)(H,35,36,39)/t17?,18-,21?,22?/m1/s1. The van der Waals surface area contributed by atoms with Crippen molar-refractivity contribution in [2.24, 2.45) is 23.2 Å². The van der Waals surface area contributed by atoms with Gasteiger partial charge in [0.2, 0.25) is 17.6 Å². The summed E-state index contributed by atoms with van der Waals surface area (Å²) in [6.07, 6.45) is 10.6. The Bertz CT molecular complexity index is 1430. The number of hydrogen-bond donors (Lipinski definition) is 2. The van der Waals surface area contributed by atoms with Gasteiger partial charge >= 0.3 is 5.76 Å². The Morgan fingerprint density at radius 3 is 2.45 bits per heavy atom. The monoisotopic (exact) mass is 548 g/mol. The number of allylic oxidation sites excluding steroid dienone is 1. The number of rotatable bonds is 7. The SMILES string of the molecule is C=C(C1CCC(C)CC1)n1c(N2CCCC2C(C)(C)C)nc2nc(-c3noc(=O)[nH]3)nc(N[C@H](C)C3CCC3)c21. The highest BCUT2D eigenvalue weighted by Gasteiger charge is 2.39. The maximum Gasteiger partial charge on any atom is 0.439 e. The number of nitrogens with one attached hydrogen (secondary N) is 2. The van der Waals surface area contributed by atoms with Crippen LogP contribution in [0.4, 0.5) is 11.8 Å². The van der Waals surface area contributed by atoms with E-state index in [1.165, 1.54) is 32.1 Å². The van der Waals surface area contributed by atoms with Gasteiger partial charge in [-0.25, -0.2) is 14.8 Å². The summed E-state index contributed by atoms with van der Waals surface area (Å²) in [6.45, 7) is 17.2. The Kier molecular flexibility index (Phi) is 6.99. The molecule has 0 spiro atoms. The van der Waals surface area contributed by atoms with Gasteiger partial charge < -0.3 is 10.2 Å². The van der Waals surface area contributed by atoms with E-state index in [2.05, 4.69) is 59.5 Å². The number of anilines is 2. The van der Waals surface area contributed by atoms with E-state index in [-0.39, 0.29) is 17.3 Å². The van der Waals surface area contributed by atoms with Crippen LogP contribution in [-0.4, -0.2) is 48.3 Å². The molecule has 2 aliphatic carbocycles. The van der Waals surface area contributed by atoms with Crippen LogP contribution >= 0.6 is 0 Å². The van der Waals surface area contributed by atoms with Crippen molar-refractivity contribution in [3.05, 3.63) is 17.1 Å². The fourth-order valence-corrected chi connectivity index (χ4v) is 6.92. The lowest BCUT2D eigenvalue weighted by atomic mass is 9.80. The fourth-order valence-electron chi connectivity index (χ4n) is 6.92. The highest BCUT2D eigenvalue weighted by Crippen LogP contribution is 2.43. The van der Waals surface area contributed by atoms with Gasteiger partial charge in [-0.1, -0.05) is 58.7 Å². The zero-order chi connectivity index (χ0) is 28.2. The molecule has 3 aliphatic rings. The second-order valence-electron chi connectivity index (χ2n) is 13.5. The van der Waals surface area contributed by atoms with Gasteiger partial charge in [0.15, 0.2) is 11.5 Å². The molecule has 2 N–H and O–H groups in total. The quantitative estimate of drug-likeness (QED) is 0.365. The summed E-state index contributed by atoms with van der Waals surface area (Å²) in [5, 5.41) is 7.62. The van der Waals surface area contributed by atoms with Gasteiger partial charge in [0, 0.05) is 24.3 Å². The zero-order valence-corrected chi connectivity index (χ0v) is 24.7. The van der Waals surface area contributed by atoms with Crippen molar-refractivity contribution < 1.29 is 4.52 Å². The van der Waals surface area contributed by atoms with Gasteiger partial charge in [-0.3, -0.25) is 14.1 Å². The van der Waals surface area contributed by atoms with Crippen LogP contribution in [-0.2, 0) is 0 Å². The van der Waals surface area contributed by atoms with Gasteiger partial charge in [0.05, 0.1) is 0 Å². The minimum atomic E-state index is -0.632. The first-order valence-electron chi connectivity index (χ1n) is 15.2. The molecule has 4 heterocycles. The molecule has 3 aromatic rings. The molecule has 40 heavy (non-hydrogen) atoms. The molecule has 3 aromatic heterocycles. The minimum Gasteiger partial charge on any atom is -0.365 e. The van der Waals surface area contributed by atoms with Crippen LogP contribution in [0, 0.1) is 23.2 Å². The molecular formula is C30H44N8O2. The largest absolute Gasteiger partial charge is 0.439 e. The summed E-state index contributed by atoms with van der Waals surface area (Å²) in [5.74, 6) is 3.21. The third-order valence-electron chi connectivity index (χ3n) is 9.65. The molecule has 10 nitrogen and oxygen atoms in total. The molecule has 0 amide bonds.